The van der Waals surface area contributed by atoms with Gasteiger partial charge in [-0.2, -0.15) is 14.7 Å². The molecule has 4 aromatic heterocycles. The topological polar surface area (TPSA) is 73.8 Å². The molecular formula is C20H19N7S. The molecule has 0 aliphatic carbocycles. The summed E-state index contributed by atoms with van der Waals surface area (Å²) in [6.45, 7) is 4.24. The molecular weight excluding hydrogens is 370 g/mol. The van der Waals surface area contributed by atoms with Crippen molar-refractivity contribution in [3.8, 4) is 10.6 Å². The highest BCUT2D eigenvalue weighted by atomic mass is 32.1. The summed E-state index contributed by atoms with van der Waals surface area (Å²) < 4.78 is 3.70. The minimum Gasteiger partial charge on any atom is -0.275 e. The fourth-order valence-corrected chi connectivity index (χ4v) is 4.38. The maximum atomic E-state index is 4.82. The third-order valence-electron chi connectivity index (χ3n) is 5.00. The molecule has 1 atom stereocenters. The highest BCUT2D eigenvalue weighted by Gasteiger charge is 2.21. The number of rotatable bonds is 4. The van der Waals surface area contributed by atoms with Crippen LogP contribution in [-0.4, -0.2) is 34.6 Å². The van der Waals surface area contributed by atoms with Gasteiger partial charge in [0.05, 0.1) is 16.8 Å². The Bertz CT molecular complexity index is 1300. The highest BCUT2D eigenvalue weighted by molar-refractivity contribution is 7.19. The van der Waals surface area contributed by atoms with Crippen LogP contribution in [0.3, 0.4) is 0 Å². The van der Waals surface area contributed by atoms with E-state index >= 15 is 0 Å². The van der Waals surface area contributed by atoms with E-state index in [4.69, 9.17) is 5.10 Å². The molecule has 8 heteroatoms. The molecule has 28 heavy (non-hydrogen) atoms. The van der Waals surface area contributed by atoms with Crippen LogP contribution in [0.15, 0.2) is 42.7 Å². The zero-order valence-corrected chi connectivity index (χ0v) is 16.7. The molecule has 1 aromatic carbocycles. The first-order valence-corrected chi connectivity index (χ1v) is 10.1. The zero-order valence-electron chi connectivity index (χ0n) is 15.9. The van der Waals surface area contributed by atoms with Gasteiger partial charge >= 0.3 is 0 Å². The van der Waals surface area contributed by atoms with Gasteiger partial charge in [0.15, 0.2) is 10.8 Å². The predicted octanol–water partition coefficient (Wildman–Crippen LogP) is 3.85. The van der Waals surface area contributed by atoms with Gasteiger partial charge < -0.3 is 0 Å². The Morgan fingerprint density at radius 2 is 2.04 bits per heavy atom. The average Bonchev–Trinajstić information content (AvgIpc) is 3.40. The summed E-state index contributed by atoms with van der Waals surface area (Å²) in [6.07, 6.45) is 4.70. The van der Waals surface area contributed by atoms with Crippen molar-refractivity contribution >= 4 is 27.2 Å². The predicted molar refractivity (Wildman–Crippen MR) is 109 cm³/mol. The molecule has 0 radical (unpaired) electrons. The summed E-state index contributed by atoms with van der Waals surface area (Å²) in [5.41, 5.74) is 4.27. The van der Waals surface area contributed by atoms with Crippen molar-refractivity contribution in [2.24, 2.45) is 7.05 Å². The van der Waals surface area contributed by atoms with Gasteiger partial charge in [0, 0.05) is 30.7 Å². The average molecular weight is 389 g/mol. The van der Waals surface area contributed by atoms with E-state index in [9.17, 15) is 0 Å². The van der Waals surface area contributed by atoms with Crippen LogP contribution < -0.4 is 0 Å². The number of aryl methyl sites for hydroxylation is 2. The second-order valence-electron chi connectivity index (χ2n) is 6.85. The van der Waals surface area contributed by atoms with E-state index in [1.807, 2.05) is 34.7 Å². The Kier molecular flexibility index (Phi) is 3.94. The molecule has 0 saturated heterocycles. The molecule has 7 nitrogen and oxygen atoms in total. The van der Waals surface area contributed by atoms with Gasteiger partial charge in [0.1, 0.15) is 0 Å². The van der Waals surface area contributed by atoms with E-state index in [1.165, 1.54) is 5.56 Å². The van der Waals surface area contributed by atoms with Crippen molar-refractivity contribution in [1.82, 2.24) is 34.6 Å². The summed E-state index contributed by atoms with van der Waals surface area (Å²) in [5.74, 6) is 0.900. The van der Waals surface area contributed by atoms with E-state index < -0.39 is 0 Å². The molecule has 5 aromatic rings. The molecule has 140 valence electrons. The summed E-state index contributed by atoms with van der Waals surface area (Å²) >= 11 is 1.54. The highest BCUT2D eigenvalue weighted by Crippen LogP contribution is 2.31. The SMILES string of the molecule is CCc1nn(C)cc1-c1nn2c([C@H](C)c3ccc4ncccc4c3)nnc2s1. The minimum atomic E-state index is 0.0640. The van der Waals surface area contributed by atoms with Crippen LogP contribution in [0.1, 0.15) is 36.8 Å². The van der Waals surface area contributed by atoms with Crippen LogP contribution in [0.5, 0.6) is 0 Å². The van der Waals surface area contributed by atoms with Crippen molar-refractivity contribution in [3.05, 3.63) is 59.8 Å². The van der Waals surface area contributed by atoms with Gasteiger partial charge in [-0.1, -0.05) is 37.3 Å². The van der Waals surface area contributed by atoms with Crippen molar-refractivity contribution in [2.75, 3.05) is 0 Å². The Labute approximate surface area is 165 Å². The number of pyridine rings is 1. The molecule has 0 fully saturated rings. The number of nitrogens with zero attached hydrogens (tertiary/aromatic N) is 7. The maximum absolute atomic E-state index is 4.82. The molecule has 0 amide bonds. The second kappa shape index (κ2) is 6.49. The van der Waals surface area contributed by atoms with Crippen molar-refractivity contribution in [3.63, 3.8) is 0 Å². The van der Waals surface area contributed by atoms with Crippen LogP contribution in [0.4, 0.5) is 0 Å². The molecule has 0 N–H and O–H groups in total. The molecule has 0 spiro atoms. The Balaban J connectivity index is 1.57. The fraction of sp³-hybridized carbons (Fsp3) is 0.250. The lowest BCUT2D eigenvalue weighted by atomic mass is 9.99. The number of hydrogen-bond acceptors (Lipinski definition) is 6. The Morgan fingerprint density at radius 1 is 1.14 bits per heavy atom. The van der Waals surface area contributed by atoms with Gasteiger partial charge in [-0.3, -0.25) is 9.67 Å². The van der Waals surface area contributed by atoms with E-state index in [0.717, 1.165) is 44.4 Å². The van der Waals surface area contributed by atoms with Gasteiger partial charge in [-0.25, -0.2) is 0 Å². The first kappa shape index (κ1) is 17.0. The fourth-order valence-electron chi connectivity index (χ4n) is 3.50. The van der Waals surface area contributed by atoms with Crippen LogP contribution in [-0.2, 0) is 13.5 Å². The first-order chi connectivity index (χ1) is 13.6. The monoisotopic (exact) mass is 389 g/mol. The van der Waals surface area contributed by atoms with Gasteiger partial charge in [0.25, 0.3) is 0 Å². The van der Waals surface area contributed by atoms with E-state index in [-0.39, 0.29) is 5.92 Å². The number of aromatic nitrogens is 7. The van der Waals surface area contributed by atoms with Crippen molar-refractivity contribution in [2.45, 2.75) is 26.2 Å². The van der Waals surface area contributed by atoms with Gasteiger partial charge in [-0.05, 0) is 30.2 Å². The standard InChI is InChI=1S/C20H19N7S/c1-4-16-15(11-26(3)24-16)19-25-27-18(22-23-20(27)28-19)12(2)13-7-8-17-14(10-13)6-5-9-21-17/h5-12H,4H2,1-3H3/t12-/m1/s1. The molecule has 0 saturated carbocycles. The number of hydrogen-bond donors (Lipinski definition) is 0. The quantitative estimate of drug-likeness (QED) is 0.467. The smallest absolute Gasteiger partial charge is 0.235 e. The van der Waals surface area contributed by atoms with Crippen LogP contribution in [0.2, 0.25) is 0 Å². The third kappa shape index (κ3) is 2.68. The maximum Gasteiger partial charge on any atom is 0.235 e. The lowest BCUT2D eigenvalue weighted by molar-refractivity contribution is 0.746. The van der Waals surface area contributed by atoms with Gasteiger partial charge in [-0.15, -0.1) is 10.2 Å². The van der Waals surface area contributed by atoms with Crippen molar-refractivity contribution in [1.29, 1.82) is 0 Å². The number of fused-ring (bicyclic) bond motifs is 2. The Morgan fingerprint density at radius 3 is 2.89 bits per heavy atom. The molecule has 4 heterocycles. The van der Waals surface area contributed by atoms with E-state index in [2.05, 4.69) is 58.4 Å². The lowest BCUT2D eigenvalue weighted by Gasteiger charge is -2.10. The minimum absolute atomic E-state index is 0.0640. The molecule has 5 rings (SSSR count). The summed E-state index contributed by atoms with van der Waals surface area (Å²) in [7, 11) is 1.94. The van der Waals surface area contributed by atoms with E-state index in [1.54, 1.807) is 11.3 Å². The molecule has 0 bridgehead atoms. The largest absolute Gasteiger partial charge is 0.275 e. The first-order valence-electron chi connectivity index (χ1n) is 9.23. The summed E-state index contributed by atoms with van der Waals surface area (Å²) in [5, 5.41) is 20.2. The second-order valence-corrected chi connectivity index (χ2v) is 7.81. The zero-order chi connectivity index (χ0) is 19.3. The molecule has 0 aliphatic heterocycles. The van der Waals surface area contributed by atoms with Gasteiger partial charge in [0.2, 0.25) is 4.96 Å². The molecule has 0 aliphatic rings. The Hall–Kier alpha value is -3.13. The molecule has 0 unspecified atom stereocenters. The summed E-state index contributed by atoms with van der Waals surface area (Å²) in [4.78, 5) is 5.19. The van der Waals surface area contributed by atoms with Crippen molar-refractivity contribution < 1.29 is 0 Å². The number of benzene rings is 1. The van der Waals surface area contributed by atoms with Crippen LogP contribution >= 0.6 is 11.3 Å². The third-order valence-corrected chi connectivity index (χ3v) is 5.93. The normalized spacial score (nSPS) is 12.8. The lowest BCUT2D eigenvalue weighted by Crippen LogP contribution is -2.03. The van der Waals surface area contributed by atoms with E-state index in [0.29, 0.717) is 0 Å². The summed E-state index contributed by atoms with van der Waals surface area (Å²) in [6, 6.07) is 10.4. The van der Waals surface area contributed by atoms with Crippen LogP contribution in [0.25, 0.3) is 26.4 Å². The van der Waals surface area contributed by atoms with Crippen LogP contribution in [0, 0.1) is 0 Å².